The molecule has 2 atom stereocenters. The molecule has 1 aromatic heterocycles. The van der Waals surface area contributed by atoms with Crippen LogP contribution in [0.25, 0.3) is 11.4 Å². The molecule has 1 fully saturated rings. The van der Waals surface area contributed by atoms with Crippen LogP contribution in [-0.4, -0.2) is 29.3 Å². The number of halogens is 2. The lowest BCUT2D eigenvalue weighted by molar-refractivity contribution is -0.153. The average Bonchev–Trinajstić information content (AvgIpc) is 3.17. The predicted molar refractivity (Wildman–Crippen MR) is 68.5 cm³/mol. The fourth-order valence-corrected chi connectivity index (χ4v) is 2.24. The zero-order chi connectivity index (χ0) is 15.7. The van der Waals surface area contributed by atoms with Gasteiger partial charge < -0.3 is 14.0 Å². The van der Waals surface area contributed by atoms with Gasteiger partial charge >= 0.3 is 5.97 Å². The SMILES string of the molecule is COC(=O)[C@H]1CC[C@@H](c2nc(-c3ccc(F)c(F)c3)no2)O1. The lowest BCUT2D eigenvalue weighted by Crippen LogP contribution is -2.21. The minimum atomic E-state index is -0.994. The van der Waals surface area contributed by atoms with Gasteiger partial charge in [-0.3, -0.25) is 0 Å². The summed E-state index contributed by atoms with van der Waals surface area (Å²) in [5.41, 5.74) is 0.288. The van der Waals surface area contributed by atoms with Gasteiger partial charge in [-0.2, -0.15) is 4.98 Å². The fraction of sp³-hybridized carbons (Fsp3) is 0.357. The molecule has 0 saturated carbocycles. The molecule has 1 aliphatic heterocycles. The first-order chi connectivity index (χ1) is 10.6. The van der Waals surface area contributed by atoms with E-state index in [1.165, 1.54) is 13.2 Å². The molecule has 2 aromatic rings. The summed E-state index contributed by atoms with van der Waals surface area (Å²) in [6, 6.07) is 3.32. The Hall–Kier alpha value is -2.35. The number of aromatic nitrogens is 2. The van der Waals surface area contributed by atoms with Crippen molar-refractivity contribution in [2.75, 3.05) is 7.11 Å². The van der Waals surface area contributed by atoms with E-state index in [1.54, 1.807) is 0 Å². The van der Waals surface area contributed by atoms with Crippen LogP contribution in [0.4, 0.5) is 8.78 Å². The molecule has 0 radical (unpaired) electrons. The predicted octanol–water partition coefficient (Wildman–Crippen LogP) is 2.41. The number of carbonyl (C=O) groups excluding carboxylic acids is 1. The topological polar surface area (TPSA) is 74.5 Å². The highest BCUT2D eigenvalue weighted by molar-refractivity contribution is 5.74. The molecule has 1 aromatic carbocycles. The number of carbonyl (C=O) groups is 1. The monoisotopic (exact) mass is 310 g/mol. The molecule has 1 saturated heterocycles. The number of hydrogen-bond donors (Lipinski definition) is 0. The van der Waals surface area contributed by atoms with E-state index in [0.717, 1.165) is 12.1 Å². The molecule has 0 spiro atoms. The maximum atomic E-state index is 13.2. The highest BCUT2D eigenvalue weighted by Crippen LogP contribution is 2.33. The van der Waals surface area contributed by atoms with Crippen molar-refractivity contribution in [3.63, 3.8) is 0 Å². The summed E-state index contributed by atoms with van der Waals surface area (Å²) in [7, 11) is 1.28. The molecule has 0 aliphatic carbocycles. The Morgan fingerprint density at radius 1 is 1.32 bits per heavy atom. The third-order valence-corrected chi connectivity index (χ3v) is 3.38. The molecule has 0 N–H and O–H groups in total. The first-order valence-electron chi connectivity index (χ1n) is 6.61. The number of nitrogens with zero attached hydrogens (tertiary/aromatic N) is 2. The first kappa shape index (κ1) is 14.6. The van der Waals surface area contributed by atoms with Gasteiger partial charge in [0, 0.05) is 5.56 Å². The molecule has 1 aliphatic rings. The molecule has 3 rings (SSSR count). The van der Waals surface area contributed by atoms with Crippen LogP contribution in [0.3, 0.4) is 0 Å². The van der Waals surface area contributed by atoms with Crippen LogP contribution >= 0.6 is 0 Å². The molecule has 0 bridgehead atoms. The van der Waals surface area contributed by atoms with E-state index < -0.39 is 29.8 Å². The van der Waals surface area contributed by atoms with E-state index in [2.05, 4.69) is 14.9 Å². The van der Waals surface area contributed by atoms with Gasteiger partial charge in [0.15, 0.2) is 17.7 Å². The zero-order valence-electron chi connectivity index (χ0n) is 11.6. The fourth-order valence-electron chi connectivity index (χ4n) is 2.24. The number of ether oxygens (including phenoxy) is 2. The van der Waals surface area contributed by atoms with Gasteiger partial charge in [-0.05, 0) is 31.0 Å². The van der Waals surface area contributed by atoms with Crippen molar-refractivity contribution in [2.45, 2.75) is 25.0 Å². The van der Waals surface area contributed by atoms with Crippen LogP contribution < -0.4 is 0 Å². The summed E-state index contributed by atoms with van der Waals surface area (Å²) < 4.78 is 41.3. The van der Waals surface area contributed by atoms with Gasteiger partial charge in [-0.15, -0.1) is 0 Å². The maximum Gasteiger partial charge on any atom is 0.335 e. The molecule has 0 unspecified atom stereocenters. The van der Waals surface area contributed by atoms with Crippen LogP contribution in [-0.2, 0) is 14.3 Å². The Morgan fingerprint density at radius 3 is 2.86 bits per heavy atom. The Balaban J connectivity index is 1.77. The molecule has 2 heterocycles. The van der Waals surface area contributed by atoms with Crippen molar-refractivity contribution in [2.24, 2.45) is 0 Å². The second-order valence-electron chi connectivity index (χ2n) is 4.80. The smallest absolute Gasteiger partial charge is 0.335 e. The second-order valence-corrected chi connectivity index (χ2v) is 4.80. The maximum absolute atomic E-state index is 13.2. The normalized spacial score (nSPS) is 21.0. The van der Waals surface area contributed by atoms with Crippen LogP contribution in [0.5, 0.6) is 0 Å². The summed E-state index contributed by atoms with van der Waals surface area (Å²) in [6.07, 6.45) is -0.163. The standard InChI is InChI=1S/C14H12F2N2O4/c1-20-14(19)11-5-4-10(21-11)13-17-12(18-22-13)7-2-3-8(15)9(16)6-7/h2-3,6,10-11H,4-5H2,1H3/t10-,11+/m0/s1. The van der Waals surface area contributed by atoms with Crippen LogP contribution in [0.15, 0.2) is 22.7 Å². The van der Waals surface area contributed by atoms with Crippen molar-refractivity contribution in [3.05, 3.63) is 35.7 Å². The van der Waals surface area contributed by atoms with Gasteiger partial charge in [-0.25, -0.2) is 13.6 Å². The largest absolute Gasteiger partial charge is 0.467 e. The van der Waals surface area contributed by atoms with E-state index >= 15 is 0 Å². The molecule has 22 heavy (non-hydrogen) atoms. The molecular formula is C14H12F2N2O4. The Kier molecular flexibility index (Phi) is 3.84. The van der Waals surface area contributed by atoms with Crippen molar-refractivity contribution in [3.8, 4) is 11.4 Å². The second kappa shape index (κ2) is 5.80. The van der Waals surface area contributed by atoms with Gasteiger partial charge in [0.2, 0.25) is 5.82 Å². The quantitative estimate of drug-likeness (QED) is 0.810. The summed E-state index contributed by atoms with van der Waals surface area (Å²) in [5.74, 6) is -2.09. The van der Waals surface area contributed by atoms with Gasteiger partial charge in [0.25, 0.3) is 5.89 Å². The minimum absolute atomic E-state index is 0.124. The molecule has 116 valence electrons. The Labute approximate surface area is 124 Å². The molecule has 0 amide bonds. The van der Waals surface area contributed by atoms with Crippen LogP contribution in [0.2, 0.25) is 0 Å². The first-order valence-corrected chi connectivity index (χ1v) is 6.61. The molecular weight excluding hydrogens is 298 g/mol. The van der Waals surface area contributed by atoms with Crippen molar-refractivity contribution in [1.29, 1.82) is 0 Å². The number of rotatable bonds is 3. The molecule has 8 heteroatoms. The van der Waals surface area contributed by atoms with Crippen LogP contribution in [0, 0.1) is 11.6 Å². The average molecular weight is 310 g/mol. The van der Waals surface area contributed by atoms with E-state index in [0.29, 0.717) is 12.8 Å². The van der Waals surface area contributed by atoms with E-state index in [1.807, 2.05) is 0 Å². The Morgan fingerprint density at radius 2 is 2.14 bits per heavy atom. The van der Waals surface area contributed by atoms with Gasteiger partial charge in [0.05, 0.1) is 7.11 Å². The summed E-state index contributed by atoms with van der Waals surface area (Å²) in [5, 5.41) is 3.72. The van der Waals surface area contributed by atoms with E-state index in [-0.39, 0.29) is 17.3 Å². The van der Waals surface area contributed by atoms with E-state index in [4.69, 9.17) is 9.26 Å². The molecule has 6 nitrogen and oxygen atoms in total. The third kappa shape index (κ3) is 2.69. The minimum Gasteiger partial charge on any atom is -0.467 e. The summed E-state index contributed by atoms with van der Waals surface area (Å²) in [6.45, 7) is 0. The summed E-state index contributed by atoms with van der Waals surface area (Å²) >= 11 is 0. The van der Waals surface area contributed by atoms with Crippen molar-refractivity contribution < 1.29 is 27.6 Å². The summed E-state index contributed by atoms with van der Waals surface area (Å²) in [4.78, 5) is 15.5. The van der Waals surface area contributed by atoms with Gasteiger partial charge in [-0.1, -0.05) is 5.16 Å². The van der Waals surface area contributed by atoms with Crippen LogP contribution in [0.1, 0.15) is 24.8 Å². The highest BCUT2D eigenvalue weighted by Gasteiger charge is 2.35. The Bertz CT molecular complexity index is 704. The lowest BCUT2D eigenvalue weighted by atomic mass is 10.2. The number of methoxy groups -OCH3 is 1. The zero-order valence-corrected chi connectivity index (χ0v) is 11.6. The third-order valence-electron chi connectivity index (χ3n) is 3.38. The van der Waals surface area contributed by atoms with Gasteiger partial charge in [0.1, 0.15) is 6.10 Å². The van der Waals surface area contributed by atoms with Crippen molar-refractivity contribution >= 4 is 5.97 Å². The van der Waals surface area contributed by atoms with E-state index in [9.17, 15) is 13.6 Å². The van der Waals surface area contributed by atoms with Crippen molar-refractivity contribution in [1.82, 2.24) is 10.1 Å². The highest BCUT2D eigenvalue weighted by atomic mass is 19.2. The number of hydrogen-bond acceptors (Lipinski definition) is 6. The number of benzene rings is 1. The lowest BCUT2D eigenvalue weighted by Gasteiger charge is -2.08. The number of esters is 1.